The Hall–Kier alpha value is -2.44. The van der Waals surface area contributed by atoms with Crippen LogP contribution < -0.4 is 5.32 Å². The SMILES string of the molecule is Cc1ccc2c(c1)[C@H](c1ccc(F)cc1)C[C@H]2N1CCN(CCN2CCNC2=O)CC1. The average Bonchev–Trinajstić information content (AvgIpc) is 3.36. The number of carbonyl (C=O) groups excluding carboxylic acids is 1. The van der Waals surface area contributed by atoms with Crippen LogP contribution in [0.2, 0.25) is 0 Å². The van der Waals surface area contributed by atoms with Crippen LogP contribution in [-0.2, 0) is 0 Å². The second-order valence-corrected chi connectivity index (χ2v) is 9.08. The molecule has 3 aliphatic rings. The van der Waals surface area contributed by atoms with Crippen molar-refractivity contribution in [3.8, 4) is 0 Å². The third-order valence-electron chi connectivity index (χ3n) is 7.19. The molecule has 2 fully saturated rings. The van der Waals surface area contributed by atoms with Crippen molar-refractivity contribution in [1.82, 2.24) is 20.0 Å². The summed E-state index contributed by atoms with van der Waals surface area (Å²) in [6.45, 7) is 9.65. The molecular weight excluding hydrogens is 391 g/mol. The summed E-state index contributed by atoms with van der Waals surface area (Å²) >= 11 is 0. The van der Waals surface area contributed by atoms with Gasteiger partial charge >= 0.3 is 6.03 Å². The molecule has 2 aliphatic heterocycles. The summed E-state index contributed by atoms with van der Waals surface area (Å²) in [5, 5.41) is 2.87. The highest BCUT2D eigenvalue weighted by Gasteiger charge is 2.36. The monoisotopic (exact) mass is 422 g/mol. The van der Waals surface area contributed by atoms with Crippen LogP contribution in [0.1, 0.15) is 40.6 Å². The largest absolute Gasteiger partial charge is 0.336 e. The Balaban J connectivity index is 1.25. The van der Waals surface area contributed by atoms with Crippen LogP contribution in [-0.4, -0.2) is 73.1 Å². The van der Waals surface area contributed by atoms with Gasteiger partial charge in [0.15, 0.2) is 0 Å². The first-order valence-corrected chi connectivity index (χ1v) is 11.4. The average molecular weight is 423 g/mol. The molecule has 2 aromatic rings. The molecule has 1 N–H and O–H groups in total. The molecule has 1 aliphatic carbocycles. The van der Waals surface area contributed by atoms with E-state index in [9.17, 15) is 9.18 Å². The van der Waals surface area contributed by atoms with Crippen molar-refractivity contribution in [3.05, 3.63) is 70.5 Å². The van der Waals surface area contributed by atoms with Gasteiger partial charge in [0.25, 0.3) is 0 Å². The number of nitrogens with one attached hydrogen (secondary N) is 1. The number of hydrogen-bond acceptors (Lipinski definition) is 3. The number of urea groups is 1. The second kappa shape index (κ2) is 8.60. The molecule has 2 amide bonds. The van der Waals surface area contributed by atoms with E-state index < -0.39 is 0 Å². The normalized spacial score (nSPS) is 24.5. The summed E-state index contributed by atoms with van der Waals surface area (Å²) in [6.07, 6.45) is 1.05. The second-order valence-electron chi connectivity index (χ2n) is 9.08. The minimum absolute atomic E-state index is 0.0725. The van der Waals surface area contributed by atoms with E-state index in [4.69, 9.17) is 0 Å². The highest BCUT2D eigenvalue weighted by atomic mass is 19.1. The molecule has 31 heavy (non-hydrogen) atoms. The number of rotatable bonds is 5. The highest BCUT2D eigenvalue weighted by Crippen LogP contribution is 2.47. The zero-order chi connectivity index (χ0) is 21.4. The van der Waals surface area contributed by atoms with Crippen molar-refractivity contribution >= 4 is 6.03 Å². The van der Waals surface area contributed by atoms with Crippen LogP contribution in [0.25, 0.3) is 0 Å². The fourth-order valence-electron chi connectivity index (χ4n) is 5.42. The lowest BCUT2D eigenvalue weighted by atomic mass is 9.92. The number of aryl methyl sites for hydroxylation is 1. The number of piperazine rings is 1. The summed E-state index contributed by atoms with van der Waals surface area (Å²) in [5.41, 5.74) is 5.32. The molecule has 6 heteroatoms. The van der Waals surface area contributed by atoms with E-state index in [1.54, 1.807) is 12.1 Å². The van der Waals surface area contributed by atoms with Gasteiger partial charge in [0, 0.05) is 64.3 Å². The zero-order valence-corrected chi connectivity index (χ0v) is 18.2. The van der Waals surface area contributed by atoms with Crippen LogP contribution in [0.5, 0.6) is 0 Å². The predicted molar refractivity (Wildman–Crippen MR) is 120 cm³/mol. The maximum Gasteiger partial charge on any atom is 0.317 e. The lowest BCUT2D eigenvalue weighted by molar-refractivity contribution is 0.0905. The Morgan fingerprint density at radius 3 is 2.45 bits per heavy atom. The smallest absolute Gasteiger partial charge is 0.317 e. The fraction of sp³-hybridized carbons (Fsp3) is 0.480. The first kappa shape index (κ1) is 20.5. The van der Waals surface area contributed by atoms with Crippen LogP contribution in [0, 0.1) is 12.7 Å². The van der Waals surface area contributed by atoms with Crippen molar-refractivity contribution in [2.24, 2.45) is 0 Å². The third-order valence-corrected chi connectivity index (χ3v) is 7.19. The zero-order valence-electron chi connectivity index (χ0n) is 18.2. The van der Waals surface area contributed by atoms with Crippen LogP contribution in [0.4, 0.5) is 9.18 Å². The van der Waals surface area contributed by atoms with E-state index >= 15 is 0 Å². The van der Waals surface area contributed by atoms with Gasteiger partial charge in [-0.1, -0.05) is 35.9 Å². The predicted octanol–water partition coefficient (Wildman–Crippen LogP) is 3.35. The molecule has 2 aromatic carbocycles. The molecule has 2 heterocycles. The highest BCUT2D eigenvalue weighted by molar-refractivity contribution is 5.76. The molecule has 5 nitrogen and oxygen atoms in total. The minimum atomic E-state index is -0.176. The molecule has 2 saturated heterocycles. The van der Waals surface area contributed by atoms with E-state index in [1.165, 1.54) is 22.3 Å². The number of nitrogens with zero attached hydrogens (tertiary/aromatic N) is 3. The third kappa shape index (κ3) is 4.19. The van der Waals surface area contributed by atoms with Gasteiger partial charge in [-0.3, -0.25) is 9.80 Å². The Labute approximate surface area is 183 Å². The topological polar surface area (TPSA) is 38.8 Å². The van der Waals surface area contributed by atoms with Crippen LogP contribution >= 0.6 is 0 Å². The molecule has 5 rings (SSSR count). The summed E-state index contributed by atoms with van der Waals surface area (Å²) in [6, 6.07) is 14.4. The van der Waals surface area contributed by atoms with E-state index in [0.717, 1.165) is 58.8 Å². The van der Waals surface area contributed by atoms with E-state index in [0.29, 0.717) is 12.0 Å². The Morgan fingerprint density at radius 2 is 1.74 bits per heavy atom. The van der Waals surface area contributed by atoms with E-state index in [1.807, 2.05) is 17.0 Å². The Bertz CT molecular complexity index is 939. The molecule has 2 atom stereocenters. The Morgan fingerprint density at radius 1 is 0.968 bits per heavy atom. The maximum atomic E-state index is 13.5. The van der Waals surface area contributed by atoms with E-state index in [-0.39, 0.29) is 11.8 Å². The summed E-state index contributed by atoms with van der Waals surface area (Å²) < 4.78 is 13.5. The number of benzene rings is 2. The quantitative estimate of drug-likeness (QED) is 0.803. The summed E-state index contributed by atoms with van der Waals surface area (Å²) in [5.74, 6) is 0.150. The summed E-state index contributed by atoms with van der Waals surface area (Å²) in [7, 11) is 0. The molecule has 164 valence electrons. The van der Waals surface area contributed by atoms with Gasteiger partial charge in [-0.05, 0) is 42.2 Å². The number of amides is 2. The molecular formula is C25H31FN4O. The Kier molecular flexibility index (Phi) is 5.67. The number of carbonyl (C=O) groups is 1. The van der Waals surface area contributed by atoms with Gasteiger partial charge < -0.3 is 10.2 Å². The number of fused-ring (bicyclic) bond motifs is 1. The standard InChI is InChI=1S/C25H31FN4O/c1-18-2-7-21-23(16-18)22(19-3-5-20(26)6-4-19)17-24(21)29-13-10-28(11-14-29)12-15-30-9-8-27-25(30)31/h2-7,16,22,24H,8-15,17H2,1H3,(H,27,31)/t22-,24+/m0/s1. The van der Waals surface area contributed by atoms with Crippen LogP contribution in [0.3, 0.4) is 0 Å². The van der Waals surface area contributed by atoms with Gasteiger partial charge in [-0.25, -0.2) is 9.18 Å². The first-order valence-electron chi connectivity index (χ1n) is 11.4. The first-order chi connectivity index (χ1) is 15.1. The van der Waals surface area contributed by atoms with Gasteiger partial charge in [0.05, 0.1) is 0 Å². The molecule has 0 radical (unpaired) electrons. The molecule has 0 aromatic heterocycles. The lowest BCUT2D eigenvalue weighted by Gasteiger charge is -2.39. The van der Waals surface area contributed by atoms with Crippen LogP contribution in [0.15, 0.2) is 42.5 Å². The molecule has 0 spiro atoms. The summed E-state index contributed by atoms with van der Waals surface area (Å²) in [4.78, 5) is 18.8. The number of hydrogen-bond donors (Lipinski definition) is 1. The molecule has 0 saturated carbocycles. The fourth-order valence-corrected chi connectivity index (χ4v) is 5.42. The maximum absolute atomic E-state index is 13.5. The minimum Gasteiger partial charge on any atom is -0.336 e. The van der Waals surface area contributed by atoms with Gasteiger partial charge in [-0.15, -0.1) is 0 Å². The van der Waals surface area contributed by atoms with Crippen molar-refractivity contribution in [3.63, 3.8) is 0 Å². The lowest BCUT2D eigenvalue weighted by Crippen LogP contribution is -2.49. The van der Waals surface area contributed by atoms with Crippen molar-refractivity contribution in [2.45, 2.75) is 25.3 Å². The molecule has 0 unspecified atom stereocenters. The van der Waals surface area contributed by atoms with Gasteiger partial charge in [-0.2, -0.15) is 0 Å². The molecule has 0 bridgehead atoms. The van der Waals surface area contributed by atoms with Crippen molar-refractivity contribution in [2.75, 3.05) is 52.4 Å². The number of halogens is 1. The van der Waals surface area contributed by atoms with Gasteiger partial charge in [0.2, 0.25) is 0 Å². The van der Waals surface area contributed by atoms with Crippen molar-refractivity contribution < 1.29 is 9.18 Å². The van der Waals surface area contributed by atoms with Gasteiger partial charge in [0.1, 0.15) is 5.82 Å². The van der Waals surface area contributed by atoms with Crippen molar-refractivity contribution in [1.29, 1.82) is 0 Å². The van der Waals surface area contributed by atoms with E-state index in [2.05, 4.69) is 40.2 Å².